The van der Waals surface area contributed by atoms with Crippen molar-refractivity contribution >= 4 is 35.8 Å². The number of hydrogen-bond donors (Lipinski definition) is 2. The van der Waals surface area contributed by atoms with Crippen LogP contribution >= 0.6 is 12.4 Å². The average Bonchev–Trinajstić information content (AvgIpc) is 2.36. The maximum atomic E-state index is 11.8. The Labute approximate surface area is 129 Å². The van der Waals surface area contributed by atoms with E-state index in [1.165, 1.54) is 6.92 Å². The molecule has 0 heterocycles. The van der Waals surface area contributed by atoms with E-state index in [0.717, 1.165) is 0 Å². The number of ketones is 1. The summed E-state index contributed by atoms with van der Waals surface area (Å²) >= 11 is 0. The lowest BCUT2D eigenvalue weighted by molar-refractivity contribution is -0.137. The molecule has 1 aromatic rings. The number of hydrogen-bond acceptors (Lipinski definition) is 4. The van der Waals surface area contributed by atoms with E-state index in [1.807, 2.05) is 0 Å². The zero-order valence-electron chi connectivity index (χ0n) is 12.0. The molecule has 21 heavy (non-hydrogen) atoms. The van der Waals surface area contributed by atoms with Gasteiger partial charge in [-0.2, -0.15) is 0 Å². The number of carbonyl (C=O) groups is 3. The molecule has 6 nitrogen and oxygen atoms in total. The van der Waals surface area contributed by atoms with E-state index in [9.17, 15) is 14.4 Å². The lowest BCUT2D eigenvalue weighted by atomic mass is 10.1. The number of likely N-dealkylation sites (N-methyl/N-ethyl adjacent to an activating group) is 1. The number of carboxylic acid groups (broad SMARTS) is 1. The smallest absolute Gasteiger partial charge is 0.304 e. The SMILES string of the molecule is CC(=O)c1ccccc1NC(=O)CN(C)CCC(=O)O.Cl. The summed E-state index contributed by atoms with van der Waals surface area (Å²) in [7, 11) is 1.67. The second-order valence-electron chi connectivity index (χ2n) is 4.53. The normalized spacial score (nSPS) is 9.86. The van der Waals surface area contributed by atoms with E-state index in [2.05, 4.69) is 5.32 Å². The van der Waals surface area contributed by atoms with E-state index >= 15 is 0 Å². The molecular formula is C14H19ClN2O4. The van der Waals surface area contributed by atoms with Gasteiger partial charge in [0.05, 0.1) is 18.7 Å². The molecule has 0 saturated carbocycles. The van der Waals surface area contributed by atoms with Crippen molar-refractivity contribution in [3.8, 4) is 0 Å². The van der Waals surface area contributed by atoms with Crippen LogP contribution in [0.5, 0.6) is 0 Å². The molecule has 1 aromatic carbocycles. The second kappa shape index (κ2) is 9.10. The van der Waals surface area contributed by atoms with Crippen LogP contribution in [0.25, 0.3) is 0 Å². The van der Waals surface area contributed by atoms with E-state index in [0.29, 0.717) is 11.3 Å². The quantitative estimate of drug-likeness (QED) is 0.747. The van der Waals surface area contributed by atoms with Crippen molar-refractivity contribution in [2.45, 2.75) is 13.3 Å². The number of Topliss-reactive ketones (excluding diaryl/α,β-unsaturated/α-hetero) is 1. The highest BCUT2D eigenvalue weighted by Crippen LogP contribution is 2.15. The highest BCUT2D eigenvalue weighted by atomic mass is 35.5. The molecule has 0 atom stereocenters. The minimum absolute atomic E-state index is 0. The van der Waals surface area contributed by atoms with E-state index < -0.39 is 5.97 Å². The van der Waals surface area contributed by atoms with Crippen LogP contribution in [-0.4, -0.2) is 47.8 Å². The largest absolute Gasteiger partial charge is 0.481 e. The van der Waals surface area contributed by atoms with Gasteiger partial charge < -0.3 is 10.4 Å². The molecule has 7 heteroatoms. The van der Waals surface area contributed by atoms with Gasteiger partial charge in [-0.1, -0.05) is 12.1 Å². The molecule has 2 N–H and O–H groups in total. The maximum absolute atomic E-state index is 11.8. The Bertz CT molecular complexity index is 519. The van der Waals surface area contributed by atoms with Gasteiger partial charge in [0.15, 0.2) is 5.78 Å². The summed E-state index contributed by atoms with van der Waals surface area (Å²) in [4.78, 5) is 35.3. The Balaban J connectivity index is 0.00000400. The molecule has 0 saturated heterocycles. The first-order valence-electron chi connectivity index (χ1n) is 6.20. The number of carbonyl (C=O) groups excluding carboxylic acids is 2. The maximum Gasteiger partial charge on any atom is 0.304 e. The van der Waals surface area contributed by atoms with Gasteiger partial charge in [-0.3, -0.25) is 19.3 Å². The molecule has 116 valence electrons. The van der Waals surface area contributed by atoms with Crippen molar-refractivity contribution in [3.63, 3.8) is 0 Å². The van der Waals surface area contributed by atoms with Gasteiger partial charge in [0.2, 0.25) is 5.91 Å². The number of carboxylic acids is 1. The second-order valence-corrected chi connectivity index (χ2v) is 4.53. The molecule has 0 aliphatic carbocycles. The molecule has 0 radical (unpaired) electrons. The highest BCUT2D eigenvalue weighted by Gasteiger charge is 2.11. The van der Waals surface area contributed by atoms with E-state index in [4.69, 9.17) is 5.11 Å². The molecular weight excluding hydrogens is 296 g/mol. The predicted octanol–water partition coefficient (Wildman–Crippen LogP) is 1.66. The standard InChI is InChI=1S/C14H18N2O4.ClH/c1-10(17)11-5-3-4-6-12(11)15-13(18)9-16(2)8-7-14(19)20;/h3-6H,7-9H2,1-2H3,(H,15,18)(H,19,20);1H. The van der Waals surface area contributed by atoms with Gasteiger partial charge in [-0.15, -0.1) is 12.4 Å². The van der Waals surface area contributed by atoms with Crippen LogP contribution in [-0.2, 0) is 9.59 Å². The third kappa shape index (κ3) is 6.87. The Morgan fingerprint density at radius 2 is 1.86 bits per heavy atom. The number of anilines is 1. The molecule has 1 amide bonds. The fraction of sp³-hybridized carbons (Fsp3) is 0.357. The van der Waals surface area contributed by atoms with Crippen LogP contribution in [0.2, 0.25) is 0 Å². The summed E-state index contributed by atoms with van der Waals surface area (Å²) < 4.78 is 0. The first kappa shape index (κ1) is 19.1. The molecule has 0 aromatic heterocycles. The molecule has 0 aliphatic rings. The van der Waals surface area contributed by atoms with Crippen LogP contribution in [0, 0.1) is 0 Å². The topological polar surface area (TPSA) is 86.7 Å². The van der Waals surface area contributed by atoms with Gasteiger partial charge in [0, 0.05) is 12.1 Å². The number of aliphatic carboxylic acids is 1. The number of rotatable bonds is 7. The molecule has 0 unspecified atom stereocenters. The van der Waals surface area contributed by atoms with Gasteiger partial charge in [-0.05, 0) is 26.1 Å². The van der Waals surface area contributed by atoms with Gasteiger partial charge >= 0.3 is 5.97 Å². The van der Waals surface area contributed by atoms with E-state index in [-0.39, 0.29) is 43.6 Å². The first-order valence-corrected chi connectivity index (χ1v) is 6.20. The van der Waals surface area contributed by atoms with Crippen LogP contribution in [0.15, 0.2) is 24.3 Å². The van der Waals surface area contributed by atoms with E-state index in [1.54, 1.807) is 36.2 Å². The van der Waals surface area contributed by atoms with Gasteiger partial charge in [-0.25, -0.2) is 0 Å². The third-order valence-corrected chi connectivity index (χ3v) is 2.70. The lowest BCUT2D eigenvalue weighted by Crippen LogP contribution is -2.32. The van der Waals surface area contributed by atoms with Crippen LogP contribution in [0.1, 0.15) is 23.7 Å². The zero-order chi connectivity index (χ0) is 15.1. The summed E-state index contributed by atoms with van der Waals surface area (Å²) in [5.74, 6) is -1.31. The van der Waals surface area contributed by atoms with Gasteiger partial charge in [0.1, 0.15) is 0 Å². The fourth-order valence-corrected chi connectivity index (χ4v) is 1.70. The summed E-state index contributed by atoms with van der Waals surface area (Å²) in [6.07, 6.45) is -0.0200. The van der Waals surface area contributed by atoms with Crippen LogP contribution in [0.3, 0.4) is 0 Å². The number of nitrogens with zero attached hydrogens (tertiary/aromatic N) is 1. The number of para-hydroxylation sites is 1. The summed E-state index contributed by atoms with van der Waals surface area (Å²) in [5, 5.41) is 11.2. The average molecular weight is 315 g/mol. The third-order valence-electron chi connectivity index (χ3n) is 2.70. The minimum Gasteiger partial charge on any atom is -0.481 e. The van der Waals surface area contributed by atoms with Crippen molar-refractivity contribution < 1.29 is 19.5 Å². The van der Waals surface area contributed by atoms with Crippen molar-refractivity contribution in [2.75, 3.05) is 25.5 Å². The Morgan fingerprint density at radius 3 is 2.43 bits per heavy atom. The monoisotopic (exact) mass is 314 g/mol. The number of nitrogens with one attached hydrogen (secondary N) is 1. The molecule has 0 bridgehead atoms. The molecule has 0 fully saturated rings. The summed E-state index contributed by atoms with van der Waals surface area (Å²) in [5.41, 5.74) is 0.922. The summed E-state index contributed by atoms with van der Waals surface area (Å²) in [6, 6.07) is 6.76. The lowest BCUT2D eigenvalue weighted by Gasteiger charge is -2.15. The van der Waals surface area contributed by atoms with Crippen molar-refractivity contribution in [2.24, 2.45) is 0 Å². The first-order chi connectivity index (χ1) is 9.40. The number of benzene rings is 1. The zero-order valence-corrected chi connectivity index (χ0v) is 12.8. The minimum atomic E-state index is -0.904. The number of halogens is 1. The molecule has 0 spiro atoms. The number of amides is 1. The predicted molar refractivity (Wildman–Crippen MR) is 82.1 cm³/mol. The van der Waals surface area contributed by atoms with Crippen molar-refractivity contribution in [1.82, 2.24) is 4.90 Å². The van der Waals surface area contributed by atoms with Crippen LogP contribution < -0.4 is 5.32 Å². The molecule has 0 aliphatic heterocycles. The Morgan fingerprint density at radius 1 is 1.24 bits per heavy atom. The Kier molecular flexibility index (Phi) is 8.26. The van der Waals surface area contributed by atoms with Crippen molar-refractivity contribution in [3.05, 3.63) is 29.8 Å². The summed E-state index contributed by atoms with van der Waals surface area (Å²) in [6.45, 7) is 1.79. The van der Waals surface area contributed by atoms with Gasteiger partial charge in [0.25, 0.3) is 0 Å². The van der Waals surface area contributed by atoms with Crippen LogP contribution in [0.4, 0.5) is 5.69 Å². The molecule has 1 rings (SSSR count). The highest BCUT2D eigenvalue weighted by molar-refractivity contribution is 6.04. The fourth-order valence-electron chi connectivity index (χ4n) is 1.70. The van der Waals surface area contributed by atoms with Crippen molar-refractivity contribution in [1.29, 1.82) is 0 Å². The Hall–Kier alpha value is -1.92.